The molecule has 0 heterocycles. The van der Waals surface area contributed by atoms with Crippen LogP contribution in [0.4, 0.5) is 11.4 Å². The van der Waals surface area contributed by atoms with Gasteiger partial charge in [-0.15, -0.1) is 0 Å². The highest BCUT2D eigenvalue weighted by Crippen LogP contribution is 2.37. The Bertz CT molecular complexity index is 597. The van der Waals surface area contributed by atoms with E-state index in [9.17, 15) is 20.2 Å². The highest BCUT2D eigenvalue weighted by atomic mass is 28.4. The van der Waals surface area contributed by atoms with Gasteiger partial charge in [-0.3, -0.25) is 20.2 Å². The quantitative estimate of drug-likeness (QED) is 0.322. The summed E-state index contributed by atoms with van der Waals surface area (Å²) in [5.41, 5.74) is -1.22. The fraction of sp³-hybridized carbons (Fsp3) is 0.571. The van der Waals surface area contributed by atoms with Crippen LogP contribution in [0.15, 0.2) is 18.2 Å². The van der Waals surface area contributed by atoms with Crippen LogP contribution in [-0.2, 0) is 4.43 Å². The highest BCUT2D eigenvalue weighted by Gasteiger charge is 2.37. The van der Waals surface area contributed by atoms with E-state index >= 15 is 0 Å². The number of rotatable bonds is 7. The summed E-state index contributed by atoms with van der Waals surface area (Å²) >= 11 is 0. The standard InChI is InChI=1S/C14H22N2O6Si/c1-14(2,3)23(4,5)22-10-9-21-12-8-6-7-11(15(17)18)13(12)16(19)20/h6-8H,9-10H2,1-5H3. The average molecular weight is 342 g/mol. The van der Waals surface area contributed by atoms with E-state index in [0.717, 1.165) is 6.07 Å². The van der Waals surface area contributed by atoms with Crippen LogP contribution in [0.1, 0.15) is 20.8 Å². The van der Waals surface area contributed by atoms with Gasteiger partial charge >= 0.3 is 11.4 Å². The Morgan fingerprint density at radius 1 is 1.09 bits per heavy atom. The Balaban J connectivity index is 2.78. The van der Waals surface area contributed by atoms with Crippen molar-refractivity contribution in [3.05, 3.63) is 38.4 Å². The maximum absolute atomic E-state index is 11.1. The van der Waals surface area contributed by atoms with Crippen molar-refractivity contribution in [3.8, 4) is 5.75 Å². The third kappa shape index (κ3) is 4.73. The van der Waals surface area contributed by atoms with Crippen LogP contribution < -0.4 is 4.74 Å². The largest absolute Gasteiger partial charge is 0.484 e. The molecule has 0 aliphatic heterocycles. The molecule has 0 unspecified atom stereocenters. The molecule has 23 heavy (non-hydrogen) atoms. The molecule has 0 aliphatic rings. The molecule has 8 nitrogen and oxygen atoms in total. The number of nitrogens with zero attached hydrogens (tertiary/aromatic N) is 2. The van der Waals surface area contributed by atoms with Gasteiger partial charge < -0.3 is 9.16 Å². The van der Waals surface area contributed by atoms with Crippen molar-refractivity contribution in [2.24, 2.45) is 0 Å². The molecule has 0 spiro atoms. The van der Waals surface area contributed by atoms with Crippen LogP contribution in [0, 0.1) is 20.2 Å². The summed E-state index contributed by atoms with van der Waals surface area (Å²) in [5.74, 6) is -0.122. The topological polar surface area (TPSA) is 105 Å². The van der Waals surface area contributed by atoms with Gasteiger partial charge in [-0.1, -0.05) is 26.8 Å². The van der Waals surface area contributed by atoms with E-state index in [-0.39, 0.29) is 24.0 Å². The fourth-order valence-electron chi connectivity index (χ4n) is 1.62. The molecule has 128 valence electrons. The van der Waals surface area contributed by atoms with E-state index in [1.165, 1.54) is 12.1 Å². The van der Waals surface area contributed by atoms with Gasteiger partial charge in [0.25, 0.3) is 0 Å². The van der Waals surface area contributed by atoms with E-state index in [1.54, 1.807) is 0 Å². The van der Waals surface area contributed by atoms with Crippen LogP contribution in [0.25, 0.3) is 0 Å². The zero-order valence-electron chi connectivity index (χ0n) is 14.0. The molecule has 0 aromatic heterocycles. The molecule has 0 atom stereocenters. The Kier molecular flexibility index (Phi) is 5.84. The molecule has 0 fully saturated rings. The lowest BCUT2D eigenvalue weighted by Crippen LogP contribution is -2.41. The van der Waals surface area contributed by atoms with Crippen LogP contribution in [-0.4, -0.2) is 31.4 Å². The van der Waals surface area contributed by atoms with Crippen LogP contribution >= 0.6 is 0 Å². The summed E-state index contributed by atoms with van der Waals surface area (Å²) < 4.78 is 11.3. The number of nitro groups is 2. The average Bonchev–Trinajstić information content (AvgIpc) is 2.41. The summed E-state index contributed by atoms with van der Waals surface area (Å²) in [4.78, 5) is 20.3. The minimum absolute atomic E-state index is 0.0462. The molecule has 1 aromatic carbocycles. The number of hydrogen-bond acceptors (Lipinski definition) is 6. The third-order valence-electron chi connectivity index (χ3n) is 3.97. The van der Waals surface area contributed by atoms with Gasteiger partial charge in [0.15, 0.2) is 8.32 Å². The van der Waals surface area contributed by atoms with Crippen molar-refractivity contribution < 1.29 is 19.0 Å². The number of para-hydroxylation sites is 1. The number of ether oxygens (including phenoxy) is 1. The molecule has 0 saturated heterocycles. The summed E-state index contributed by atoms with van der Waals surface area (Å²) in [6, 6.07) is 3.78. The number of nitro benzene ring substituents is 2. The Hall–Kier alpha value is -2.00. The molecule has 0 N–H and O–H groups in total. The molecule has 1 aromatic rings. The summed E-state index contributed by atoms with van der Waals surface area (Å²) in [6.07, 6.45) is 0. The summed E-state index contributed by atoms with van der Waals surface area (Å²) in [6.45, 7) is 10.8. The second-order valence-corrected chi connectivity index (χ2v) is 11.4. The van der Waals surface area contributed by atoms with E-state index in [0.29, 0.717) is 0 Å². The van der Waals surface area contributed by atoms with E-state index in [2.05, 4.69) is 33.9 Å². The van der Waals surface area contributed by atoms with Crippen molar-refractivity contribution in [1.29, 1.82) is 0 Å². The van der Waals surface area contributed by atoms with Gasteiger partial charge in [0.05, 0.1) is 16.5 Å². The van der Waals surface area contributed by atoms with Gasteiger partial charge in [0.2, 0.25) is 5.75 Å². The zero-order chi connectivity index (χ0) is 17.8. The summed E-state index contributed by atoms with van der Waals surface area (Å²) in [5, 5.41) is 22.0. The van der Waals surface area contributed by atoms with E-state index < -0.39 is 29.5 Å². The second-order valence-electron chi connectivity index (χ2n) is 6.60. The Labute approximate surface area is 135 Å². The van der Waals surface area contributed by atoms with Gasteiger partial charge in [0.1, 0.15) is 6.61 Å². The van der Waals surface area contributed by atoms with Crippen molar-refractivity contribution in [2.45, 2.75) is 38.9 Å². The minimum Gasteiger partial charge on any atom is -0.484 e. The Morgan fingerprint density at radius 2 is 1.70 bits per heavy atom. The summed E-state index contributed by atoms with van der Waals surface area (Å²) in [7, 11) is -1.93. The monoisotopic (exact) mass is 342 g/mol. The first-order chi connectivity index (χ1) is 10.5. The van der Waals surface area contributed by atoms with Crippen molar-refractivity contribution in [2.75, 3.05) is 13.2 Å². The van der Waals surface area contributed by atoms with Crippen LogP contribution in [0.2, 0.25) is 18.1 Å². The molecular formula is C14H22N2O6Si. The minimum atomic E-state index is -1.93. The van der Waals surface area contributed by atoms with Gasteiger partial charge in [-0.2, -0.15) is 0 Å². The molecule has 9 heteroatoms. The molecule has 0 radical (unpaired) electrons. The molecule has 1 rings (SSSR count). The number of benzene rings is 1. The molecule has 0 aliphatic carbocycles. The first kappa shape index (κ1) is 19.0. The van der Waals surface area contributed by atoms with Gasteiger partial charge in [-0.25, -0.2) is 0 Å². The second kappa shape index (κ2) is 7.05. The zero-order valence-corrected chi connectivity index (χ0v) is 15.0. The Morgan fingerprint density at radius 3 is 2.17 bits per heavy atom. The highest BCUT2D eigenvalue weighted by molar-refractivity contribution is 6.74. The number of hydrogen-bond donors (Lipinski definition) is 0. The normalized spacial score (nSPS) is 12.0. The van der Waals surface area contributed by atoms with Crippen LogP contribution in [0.5, 0.6) is 5.75 Å². The molecule has 0 amide bonds. The smallest absolute Gasteiger partial charge is 0.387 e. The SMILES string of the molecule is CC(C)(C)[Si](C)(C)OCCOc1cccc([N+](=O)[O-])c1[N+](=O)[O-]. The van der Waals surface area contributed by atoms with Crippen molar-refractivity contribution in [1.82, 2.24) is 0 Å². The maximum Gasteiger partial charge on any atom is 0.387 e. The first-order valence-electron chi connectivity index (χ1n) is 7.16. The lowest BCUT2D eigenvalue weighted by atomic mass is 10.2. The third-order valence-corrected chi connectivity index (χ3v) is 8.51. The van der Waals surface area contributed by atoms with Gasteiger partial charge in [-0.05, 0) is 24.2 Å². The van der Waals surface area contributed by atoms with Crippen molar-refractivity contribution >= 4 is 19.7 Å². The van der Waals surface area contributed by atoms with Crippen molar-refractivity contribution in [3.63, 3.8) is 0 Å². The van der Waals surface area contributed by atoms with E-state index in [4.69, 9.17) is 9.16 Å². The predicted octanol–water partition coefficient (Wildman–Crippen LogP) is 3.90. The van der Waals surface area contributed by atoms with Gasteiger partial charge in [0, 0.05) is 6.07 Å². The predicted molar refractivity (Wildman–Crippen MR) is 88.4 cm³/mol. The maximum atomic E-state index is 11.1. The first-order valence-corrected chi connectivity index (χ1v) is 10.1. The molecule has 0 bridgehead atoms. The molecular weight excluding hydrogens is 320 g/mol. The lowest BCUT2D eigenvalue weighted by molar-refractivity contribution is -0.423. The van der Waals surface area contributed by atoms with Crippen LogP contribution in [0.3, 0.4) is 0 Å². The lowest BCUT2D eigenvalue weighted by Gasteiger charge is -2.36. The fourth-order valence-corrected chi connectivity index (χ4v) is 2.65. The molecule has 0 saturated carbocycles. The van der Waals surface area contributed by atoms with E-state index in [1.807, 2.05) is 0 Å².